The van der Waals surface area contributed by atoms with Crippen LogP contribution in [0.15, 0.2) is 55.0 Å². The summed E-state index contributed by atoms with van der Waals surface area (Å²) in [7, 11) is 1.77. The van der Waals surface area contributed by atoms with Crippen LogP contribution in [0.4, 0.5) is 0 Å². The molecule has 3 rings (SSSR count). The highest BCUT2D eigenvalue weighted by atomic mass is 35.5. The summed E-state index contributed by atoms with van der Waals surface area (Å²) in [5.74, 6) is 0.0564. The molecule has 3 aromatic rings. The maximum Gasteiger partial charge on any atom is 0.226 e. The summed E-state index contributed by atoms with van der Waals surface area (Å²) in [6, 6.07) is 14.8. The molecule has 0 radical (unpaired) electrons. The van der Waals surface area contributed by atoms with Gasteiger partial charge in [0.2, 0.25) is 5.91 Å². The molecule has 0 unspecified atom stereocenters. The number of nitriles is 1. The SMILES string of the molecule is CNC(=S)N(Cc1cccc(Cl)c1Cl)C[C@@H](NC(=O)Cc1cncn1Cc1ccc(C#N)cc1)C(C)C. The van der Waals surface area contributed by atoms with Crippen molar-refractivity contribution >= 4 is 46.4 Å². The smallest absolute Gasteiger partial charge is 0.226 e. The van der Waals surface area contributed by atoms with Crippen molar-refractivity contribution in [3.8, 4) is 6.07 Å². The third-order valence-corrected chi connectivity index (χ3v) is 7.36. The van der Waals surface area contributed by atoms with Crippen LogP contribution in [0.3, 0.4) is 0 Å². The third kappa shape index (κ3) is 7.93. The highest BCUT2D eigenvalue weighted by molar-refractivity contribution is 7.80. The molecule has 0 saturated carbocycles. The van der Waals surface area contributed by atoms with Crippen LogP contribution in [0.25, 0.3) is 0 Å². The van der Waals surface area contributed by atoms with E-state index in [4.69, 9.17) is 40.7 Å². The van der Waals surface area contributed by atoms with Gasteiger partial charge < -0.3 is 20.1 Å². The highest BCUT2D eigenvalue weighted by Gasteiger charge is 2.23. The average molecular weight is 558 g/mol. The van der Waals surface area contributed by atoms with Gasteiger partial charge in [-0.1, -0.05) is 61.3 Å². The zero-order chi connectivity index (χ0) is 26.9. The Morgan fingerprint density at radius 1 is 1.22 bits per heavy atom. The van der Waals surface area contributed by atoms with Gasteiger partial charge in [0.25, 0.3) is 0 Å². The monoisotopic (exact) mass is 556 g/mol. The van der Waals surface area contributed by atoms with Crippen LogP contribution in [0, 0.1) is 17.2 Å². The molecule has 0 spiro atoms. The van der Waals surface area contributed by atoms with E-state index in [0.717, 1.165) is 16.8 Å². The zero-order valence-electron chi connectivity index (χ0n) is 21.0. The fourth-order valence-electron chi connectivity index (χ4n) is 3.86. The number of rotatable bonds is 10. The molecule has 0 fully saturated rings. The van der Waals surface area contributed by atoms with E-state index in [2.05, 4.69) is 35.5 Å². The van der Waals surface area contributed by atoms with Gasteiger partial charge in [-0.25, -0.2) is 4.98 Å². The van der Waals surface area contributed by atoms with Crippen LogP contribution in [-0.2, 0) is 24.3 Å². The normalized spacial score (nSPS) is 11.6. The van der Waals surface area contributed by atoms with E-state index in [0.29, 0.717) is 40.4 Å². The van der Waals surface area contributed by atoms with Crippen molar-refractivity contribution in [2.45, 2.75) is 39.4 Å². The average Bonchev–Trinajstić information content (AvgIpc) is 3.31. The summed E-state index contributed by atoms with van der Waals surface area (Å²) in [6.45, 7) is 5.64. The molecule has 2 aromatic carbocycles. The molecular weight excluding hydrogens is 527 g/mol. The summed E-state index contributed by atoms with van der Waals surface area (Å²) in [5, 5.41) is 16.7. The number of nitrogens with one attached hydrogen (secondary N) is 2. The van der Waals surface area contributed by atoms with Gasteiger partial charge in [0.1, 0.15) is 0 Å². The molecule has 1 heterocycles. The van der Waals surface area contributed by atoms with Crippen molar-refractivity contribution in [2.75, 3.05) is 13.6 Å². The molecule has 0 aliphatic rings. The summed E-state index contributed by atoms with van der Waals surface area (Å²) < 4.78 is 1.94. The Morgan fingerprint density at radius 3 is 2.59 bits per heavy atom. The molecule has 10 heteroatoms. The van der Waals surface area contributed by atoms with Gasteiger partial charge in [0.15, 0.2) is 5.11 Å². The molecular formula is C27H30Cl2N6OS. The first kappa shape index (κ1) is 28.5. The number of thiocarbonyl (C=S) groups is 1. The molecule has 1 aromatic heterocycles. The summed E-state index contributed by atoms with van der Waals surface area (Å²) in [5.41, 5.74) is 3.29. The van der Waals surface area contributed by atoms with Crippen molar-refractivity contribution in [1.29, 1.82) is 5.26 Å². The van der Waals surface area contributed by atoms with E-state index >= 15 is 0 Å². The van der Waals surface area contributed by atoms with Crippen LogP contribution in [0.1, 0.15) is 36.2 Å². The summed E-state index contributed by atoms with van der Waals surface area (Å²) in [4.78, 5) is 19.3. The Bertz CT molecular complexity index is 1270. The lowest BCUT2D eigenvalue weighted by molar-refractivity contribution is -0.121. The van der Waals surface area contributed by atoms with Crippen molar-refractivity contribution in [1.82, 2.24) is 25.1 Å². The molecule has 194 valence electrons. The number of hydrogen-bond acceptors (Lipinski definition) is 4. The van der Waals surface area contributed by atoms with Crippen molar-refractivity contribution in [3.05, 3.63) is 87.4 Å². The first-order chi connectivity index (χ1) is 17.7. The number of carbonyl (C=O) groups is 1. The van der Waals surface area contributed by atoms with Crippen LogP contribution >= 0.6 is 35.4 Å². The summed E-state index contributed by atoms with van der Waals surface area (Å²) >= 11 is 18.2. The Balaban J connectivity index is 1.68. The van der Waals surface area contributed by atoms with Crippen LogP contribution < -0.4 is 10.6 Å². The molecule has 0 bridgehead atoms. The van der Waals surface area contributed by atoms with E-state index in [1.165, 1.54) is 0 Å². The third-order valence-electron chi connectivity index (χ3n) is 6.04. The maximum absolute atomic E-state index is 13.1. The number of carbonyl (C=O) groups excluding carboxylic acids is 1. The van der Waals surface area contributed by atoms with Crippen LogP contribution in [-0.4, -0.2) is 45.1 Å². The minimum atomic E-state index is -0.161. The number of halogens is 2. The van der Waals surface area contributed by atoms with Gasteiger partial charge in [-0.15, -0.1) is 0 Å². The standard InChI is InChI=1S/C27H30Cl2N6OS/c1-18(2)24(16-34(27(37)31-3)15-21-5-4-6-23(28)26(21)29)33-25(36)11-22-13-32-17-35(22)14-20-9-7-19(12-30)8-10-20/h4-10,13,17-18,24H,11,14-16H2,1-3H3,(H,31,37)(H,33,36)/t24-/m1/s1. The Kier molecular flexibility index (Phi) is 10.3. The Morgan fingerprint density at radius 2 is 1.95 bits per heavy atom. The van der Waals surface area contributed by atoms with E-state index in [1.54, 1.807) is 37.8 Å². The molecule has 0 saturated heterocycles. The molecule has 7 nitrogen and oxygen atoms in total. The van der Waals surface area contributed by atoms with E-state index in [1.807, 2.05) is 33.7 Å². The molecule has 0 aliphatic heterocycles. The minimum absolute atomic E-state index is 0.101. The predicted octanol–water partition coefficient (Wildman–Crippen LogP) is 4.80. The Hall–Kier alpha value is -3.12. The van der Waals surface area contributed by atoms with E-state index in [9.17, 15) is 4.79 Å². The maximum atomic E-state index is 13.1. The fourth-order valence-corrected chi connectivity index (χ4v) is 4.37. The quantitative estimate of drug-likeness (QED) is 0.349. The van der Waals surface area contributed by atoms with Gasteiger partial charge in [0, 0.05) is 44.6 Å². The van der Waals surface area contributed by atoms with Crippen molar-refractivity contribution in [2.24, 2.45) is 5.92 Å². The molecule has 1 amide bonds. The van der Waals surface area contributed by atoms with E-state index < -0.39 is 0 Å². The molecule has 2 N–H and O–H groups in total. The second-order valence-corrected chi connectivity index (χ2v) is 10.2. The van der Waals surface area contributed by atoms with Crippen molar-refractivity contribution < 1.29 is 4.79 Å². The van der Waals surface area contributed by atoms with Gasteiger partial charge in [0.05, 0.1) is 34.4 Å². The lowest BCUT2D eigenvalue weighted by Gasteiger charge is -2.32. The number of aromatic nitrogens is 2. The number of hydrogen-bond donors (Lipinski definition) is 2. The topological polar surface area (TPSA) is 86.0 Å². The largest absolute Gasteiger partial charge is 0.366 e. The lowest BCUT2D eigenvalue weighted by Crippen LogP contribution is -2.50. The second kappa shape index (κ2) is 13.4. The fraction of sp³-hybridized carbons (Fsp3) is 0.333. The number of benzene rings is 2. The molecule has 0 aliphatic carbocycles. The van der Waals surface area contributed by atoms with Crippen molar-refractivity contribution in [3.63, 3.8) is 0 Å². The van der Waals surface area contributed by atoms with Crippen LogP contribution in [0.5, 0.6) is 0 Å². The first-order valence-electron chi connectivity index (χ1n) is 11.9. The number of imidazole rings is 1. The minimum Gasteiger partial charge on any atom is -0.366 e. The van der Waals surface area contributed by atoms with Gasteiger partial charge in [-0.2, -0.15) is 5.26 Å². The van der Waals surface area contributed by atoms with Crippen LogP contribution in [0.2, 0.25) is 10.0 Å². The molecule has 1 atom stereocenters. The Labute approximate surface area is 233 Å². The predicted molar refractivity (Wildman–Crippen MR) is 151 cm³/mol. The van der Waals surface area contributed by atoms with E-state index in [-0.39, 0.29) is 24.3 Å². The lowest BCUT2D eigenvalue weighted by atomic mass is 10.0. The number of amides is 1. The second-order valence-electron chi connectivity index (χ2n) is 9.07. The highest BCUT2D eigenvalue weighted by Crippen LogP contribution is 2.26. The van der Waals surface area contributed by atoms with Gasteiger partial charge >= 0.3 is 0 Å². The zero-order valence-corrected chi connectivity index (χ0v) is 23.4. The summed E-state index contributed by atoms with van der Waals surface area (Å²) in [6.07, 6.45) is 3.61. The molecule has 37 heavy (non-hydrogen) atoms. The first-order valence-corrected chi connectivity index (χ1v) is 13.0. The van der Waals surface area contributed by atoms with Gasteiger partial charge in [-0.05, 0) is 47.5 Å². The number of nitrogens with zero attached hydrogens (tertiary/aromatic N) is 4. The van der Waals surface area contributed by atoms with Gasteiger partial charge in [-0.3, -0.25) is 4.79 Å².